The maximum atomic E-state index is 12.9. The first-order valence-electron chi connectivity index (χ1n) is 10.3. The number of hydrogen-bond donors (Lipinski definition) is 2. The molecule has 16 heteroatoms. The summed E-state index contributed by atoms with van der Waals surface area (Å²) < 4.78 is 10.2. The molecule has 36 heavy (non-hydrogen) atoms. The van der Waals surface area contributed by atoms with Crippen molar-refractivity contribution in [3.8, 4) is 0 Å². The lowest BCUT2D eigenvalue weighted by molar-refractivity contribution is -0.689. The molecule has 2 atom stereocenters. The number of carboxylic acid groups (broad SMARTS) is 1. The van der Waals surface area contributed by atoms with Gasteiger partial charge in [0.2, 0.25) is 18.1 Å². The van der Waals surface area contributed by atoms with E-state index in [1.54, 1.807) is 23.2 Å². The molecule has 0 radical (unpaired) electrons. The summed E-state index contributed by atoms with van der Waals surface area (Å²) in [6.07, 6.45) is 4.96. The molecule has 3 N–H and O–H groups in total. The predicted molar refractivity (Wildman–Crippen MR) is 123 cm³/mol. The molecule has 2 aliphatic heterocycles. The highest BCUT2D eigenvalue weighted by molar-refractivity contribution is 8.00. The third kappa shape index (κ3) is 5.44. The van der Waals surface area contributed by atoms with E-state index in [-0.39, 0.29) is 33.5 Å². The monoisotopic (exact) mass is 533 g/mol. The van der Waals surface area contributed by atoms with Gasteiger partial charge in [0.05, 0.1) is 13.1 Å². The van der Waals surface area contributed by atoms with Crippen LogP contribution in [-0.2, 0) is 30.5 Å². The zero-order valence-corrected chi connectivity index (χ0v) is 20.3. The summed E-state index contributed by atoms with van der Waals surface area (Å²) in [4.78, 5) is 58.1. The minimum atomic E-state index is -1.26. The zero-order chi connectivity index (χ0) is 25.8. The molecule has 1 fully saturated rings. The van der Waals surface area contributed by atoms with E-state index in [1.807, 2.05) is 0 Å². The molecule has 2 aliphatic rings. The summed E-state index contributed by atoms with van der Waals surface area (Å²) in [5.41, 5.74) is 6.26. The molecule has 1 saturated heterocycles. The highest BCUT2D eigenvalue weighted by Crippen LogP contribution is 2.36. The van der Waals surface area contributed by atoms with Gasteiger partial charge in [0.25, 0.3) is 11.8 Å². The number of carboxylic acids is 1. The number of β-lactam (4-membered cyclic amide) rings is 1. The molecular formula is C20H19N7O7S2. The lowest BCUT2D eigenvalue weighted by atomic mass is 10.1. The van der Waals surface area contributed by atoms with E-state index in [1.165, 1.54) is 35.9 Å². The number of carbonyl (C=O) groups excluding carboxylic acids is 4. The van der Waals surface area contributed by atoms with Crippen LogP contribution in [-0.4, -0.2) is 74.6 Å². The van der Waals surface area contributed by atoms with Crippen LogP contribution in [0.25, 0.3) is 0 Å². The third-order valence-corrected chi connectivity index (χ3v) is 7.00. The SMILES string of the molecule is COC(=O)CO/N=C(\C(=O)NC1C(=O)N2C=C(C[n+]3ccc(C(=O)[O-])cc3)CS[C@H]12)c1nsc(N)n1. The minimum absolute atomic E-state index is 0.0731. The predicted octanol–water partition coefficient (Wildman–Crippen LogP) is -2.35. The van der Waals surface area contributed by atoms with Crippen LogP contribution >= 0.6 is 23.3 Å². The second kappa shape index (κ2) is 10.7. The Morgan fingerprint density at radius 1 is 1.36 bits per heavy atom. The molecule has 0 aromatic carbocycles. The quantitative estimate of drug-likeness (QED) is 0.115. The molecule has 0 saturated carbocycles. The number of oxime groups is 1. The van der Waals surface area contributed by atoms with Gasteiger partial charge in [0, 0.05) is 46.8 Å². The van der Waals surface area contributed by atoms with Crippen molar-refractivity contribution >= 4 is 57.9 Å². The molecular weight excluding hydrogens is 514 g/mol. The summed E-state index contributed by atoms with van der Waals surface area (Å²) >= 11 is 2.30. The number of nitrogens with zero attached hydrogens (tertiary/aromatic N) is 5. The fourth-order valence-corrected chi connectivity index (χ4v) is 5.00. The first-order chi connectivity index (χ1) is 17.3. The standard InChI is InChI=1S/C20H19N7O7S2/c1-33-12(28)8-34-24-13(15-23-20(21)36-25-15)16(29)22-14-17(30)27-7-10(9-35-18(14)27)6-26-4-2-11(3-5-26)19(31)32/h2-5,7,14,18H,6,8-9H2,1H3,(H3-,21,22,23,25,29,31,32)/b24-13-/t14?,18-/m1/s1. The van der Waals surface area contributed by atoms with Gasteiger partial charge >= 0.3 is 5.97 Å². The van der Waals surface area contributed by atoms with Crippen LogP contribution in [0.4, 0.5) is 5.13 Å². The van der Waals surface area contributed by atoms with Crippen LogP contribution in [0.2, 0.25) is 0 Å². The normalized spacial score (nSPS) is 19.0. The van der Waals surface area contributed by atoms with Crippen molar-refractivity contribution in [3.63, 3.8) is 0 Å². The lowest BCUT2D eigenvalue weighted by Gasteiger charge is -2.47. The lowest BCUT2D eigenvalue weighted by Crippen LogP contribution is -2.69. The fraction of sp³-hybridized carbons (Fsp3) is 0.300. The van der Waals surface area contributed by atoms with Crippen molar-refractivity contribution in [1.82, 2.24) is 19.6 Å². The van der Waals surface area contributed by atoms with Gasteiger partial charge in [-0.25, -0.2) is 9.36 Å². The fourth-order valence-electron chi connectivity index (χ4n) is 3.31. The molecule has 4 heterocycles. The Morgan fingerprint density at radius 3 is 2.75 bits per heavy atom. The Bertz CT molecular complexity index is 1260. The number of anilines is 1. The number of pyridine rings is 1. The Balaban J connectivity index is 1.40. The van der Waals surface area contributed by atoms with Crippen molar-refractivity contribution in [2.45, 2.75) is 18.0 Å². The number of fused-ring (bicyclic) bond motifs is 1. The van der Waals surface area contributed by atoms with E-state index < -0.39 is 30.5 Å². The Kier molecular flexibility index (Phi) is 7.44. The maximum absolute atomic E-state index is 12.9. The summed E-state index contributed by atoms with van der Waals surface area (Å²) in [6, 6.07) is 2.05. The molecule has 0 spiro atoms. The van der Waals surface area contributed by atoms with E-state index in [9.17, 15) is 24.3 Å². The summed E-state index contributed by atoms with van der Waals surface area (Å²) in [7, 11) is 1.17. The molecule has 2 aromatic rings. The topological polar surface area (TPSA) is 193 Å². The first kappa shape index (κ1) is 25.1. The van der Waals surface area contributed by atoms with Crippen LogP contribution in [0.15, 0.2) is 41.5 Å². The number of nitrogen functional groups attached to an aromatic ring is 1. The second-order valence-electron chi connectivity index (χ2n) is 7.48. The number of thioether (sulfide) groups is 1. The number of nitrogens with one attached hydrogen (secondary N) is 1. The Hall–Kier alpha value is -4.05. The van der Waals surface area contributed by atoms with Gasteiger partial charge in [-0.15, -0.1) is 11.8 Å². The Morgan fingerprint density at radius 2 is 2.11 bits per heavy atom. The highest BCUT2D eigenvalue weighted by Gasteiger charge is 2.50. The highest BCUT2D eigenvalue weighted by atomic mass is 32.2. The van der Waals surface area contributed by atoms with Crippen LogP contribution in [0.1, 0.15) is 16.2 Å². The molecule has 0 bridgehead atoms. The number of methoxy groups -OCH3 is 1. The van der Waals surface area contributed by atoms with Crippen molar-refractivity contribution in [2.75, 3.05) is 25.2 Å². The zero-order valence-electron chi connectivity index (χ0n) is 18.7. The third-order valence-electron chi connectivity index (χ3n) is 5.07. The summed E-state index contributed by atoms with van der Waals surface area (Å²) in [5, 5.41) is 16.9. The van der Waals surface area contributed by atoms with E-state index in [0.29, 0.717) is 12.3 Å². The Labute approximate surface area is 211 Å². The van der Waals surface area contributed by atoms with Crippen LogP contribution < -0.4 is 20.7 Å². The number of esters is 1. The summed E-state index contributed by atoms with van der Waals surface area (Å²) in [6.45, 7) is -0.0812. The number of aromatic carboxylic acids is 1. The van der Waals surface area contributed by atoms with Crippen LogP contribution in [0.5, 0.6) is 0 Å². The molecule has 0 aliphatic carbocycles. The van der Waals surface area contributed by atoms with Crippen LogP contribution in [0, 0.1) is 0 Å². The average molecular weight is 534 g/mol. The van der Waals surface area contributed by atoms with E-state index >= 15 is 0 Å². The van der Waals surface area contributed by atoms with E-state index in [4.69, 9.17) is 10.6 Å². The average Bonchev–Trinajstić information content (AvgIpc) is 3.30. The van der Waals surface area contributed by atoms with Gasteiger partial charge in [-0.05, 0) is 0 Å². The minimum Gasteiger partial charge on any atom is -0.545 e. The van der Waals surface area contributed by atoms with Gasteiger partial charge in [0.15, 0.2) is 24.1 Å². The number of ether oxygens (including phenoxy) is 1. The van der Waals surface area contributed by atoms with E-state index in [0.717, 1.165) is 17.1 Å². The number of nitrogens with two attached hydrogens (primary N) is 1. The van der Waals surface area contributed by atoms with Gasteiger partial charge < -0.3 is 35.4 Å². The van der Waals surface area contributed by atoms with Crippen molar-refractivity contribution in [1.29, 1.82) is 0 Å². The largest absolute Gasteiger partial charge is 0.545 e. The molecule has 14 nitrogen and oxygen atoms in total. The summed E-state index contributed by atoms with van der Waals surface area (Å²) in [5.74, 6) is -2.57. The number of amides is 2. The van der Waals surface area contributed by atoms with Gasteiger partial charge in [-0.1, -0.05) is 5.16 Å². The van der Waals surface area contributed by atoms with Gasteiger partial charge in [-0.2, -0.15) is 9.36 Å². The smallest absolute Gasteiger partial charge is 0.346 e. The maximum Gasteiger partial charge on any atom is 0.346 e. The van der Waals surface area contributed by atoms with Gasteiger partial charge in [-0.3, -0.25) is 9.59 Å². The number of carbonyl (C=O) groups is 4. The van der Waals surface area contributed by atoms with Crippen molar-refractivity contribution in [3.05, 3.63) is 47.7 Å². The van der Waals surface area contributed by atoms with E-state index in [2.05, 4.69) is 24.6 Å². The number of rotatable bonds is 9. The molecule has 1 unspecified atom stereocenters. The van der Waals surface area contributed by atoms with Crippen molar-refractivity contribution in [2.24, 2.45) is 5.16 Å². The van der Waals surface area contributed by atoms with Crippen molar-refractivity contribution < 1.29 is 38.4 Å². The molecule has 4 rings (SSSR count). The second-order valence-corrected chi connectivity index (χ2v) is 9.37. The number of aromatic nitrogens is 3. The number of hydrogen-bond acceptors (Lipinski definition) is 13. The molecule has 188 valence electrons. The molecule has 2 aromatic heterocycles. The van der Waals surface area contributed by atoms with Gasteiger partial charge in [0.1, 0.15) is 11.4 Å². The van der Waals surface area contributed by atoms with Crippen LogP contribution in [0.3, 0.4) is 0 Å². The molecule has 2 amide bonds. The first-order valence-corrected chi connectivity index (χ1v) is 12.1.